The Morgan fingerprint density at radius 1 is 0.778 bits per heavy atom. The molecule has 1 aromatic carbocycles. The lowest BCUT2D eigenvalue weighted by atomic mass is 9.96. The van der Waals surface area contributed by atoms with Gasteiger partial charge in [-0.05, 0) is 51.2 Å². The highest BCUT2D eigenvalue weighted by atomic mass is 32.2. The fourth-order valence-corrected chi connectivity index (χ4v) is 9.21. The molecule has 0 unspecified atom stereocenters. The summed E-state index contributed by atoms with van der Waals surface area (Å²) in [6.45, 7) is 4.73. The van der Waals surface area contributed by atoms with E-state index in [9.17, 15) is 9.90 Å². The maximum atomic E-state index is 12.9. The predicted molar refractivity (Wildman–Crippen MR) is 218 cm³/mol. The van der Waals surface area contributed by atoms with Crippen LogP contribution in [0.2, 0.25) is 0 Å². The van der Waals surface area contributed by atoms with Gasteiger partial charge in [0.25, 0.3) is 0 Å². The van der Waals surface area contributed by atoms with Crippen molar-refractivity contribution in [1.29, 1.82) is 0 Å². The lowest BCUT2D eigenvalue weighted by Crippen LogP contribution is -2.34. The quantitative estimate of drug-likeness (QED) is 0.0342. The molecule has 1 aromatic rings. The SMILES string of the molecule is CCCCCCCCCCCC[C@@H](OCOC)[C@H]1CC[C@H]([C@@H](CC#CC[C@H](O)CCCCCCC[C@]2(Sc3ccccc3)C[C@H](C)OC2=O)OCOC)O1. The largest absolute Gasteiger partial charge is 0.462 e. The Balaban J connectivity index is 1.32. The van der Waals surface area contributed by atoms with Crippen molar-refractivity contribution in [2.24, 2.45) is 0 Å². The molecule has 2 heterocycles. The van der Waals surface area contributed by atoms with Gasteiger partial charge in [-0.15, -0.1) is 23.6 Å². The Hall–Kier alpha value is -1.64. The third-order valence-electron chi connectivity index (χ3n) is 10.8. The summed E-state index contributed by atoms with van der Waals surface area (Å²) < 4.78 is 34.3. The van der Waals surface area contributed by atoms with Gasteiger partial charge in [-0.3, -0.25) is 4.79 Å². The number of aliphatic hydroxyl groups is 1. The van der Waals surface area contributed by atoms with Crippen molar-refractivity contribution in [2.75, 3.05) is 27.8 Å². The minimum atomic E-state index is -0.484. The Morgan fingerprint density at radius 2 is 1.33 bits per heavy atom. The number of ether oxygens (including phenoxy) is 6. The van der Waals surface area contributed by atoms with Gasteiger partial charge in [0.05, 0.1) is 30.5 Å². The number of carbonyl (C=O) groups excluding carboxylic acids is 1. The molecule has 0 amide bonds. The third kappa shape index (κ3) is 18.5. The predicted octanol–water partition coefficient (Wildman–Crippen LogP) is 10.6. The second-order valence-electron chi connectivity index (χ2n) is 15.5. The van der Waals surface area contributed by atoms with Crippen LogP contribution in [0.4, 0.5) is 0 Å². The molecule has 8 nitrogen and oxygen atoms in total. The molecule has 1 N–H and O–H groups in total. The normalized spacial score (nSPS) is 22.8. The van der Waals surface area contributed by atoms with Gasteiger partial charge in [0, 0.05) is 38.4 Å². The minimum absolute atomic E-state index is 0.0125. The van der Waals surface area contributed by atoms with Gasteiger partial charge >= 0.3 is 5.97 Å². The number of rotatable bonds is 31. The van der Waals surface area contributed by atoms with Gasteiger partial charge in [0.1, 0.15) is 24.4 Å². The highest BCUT2D eigenvalue weighted by Gasteiger charge is 2.48. The zero-order chi connectivity index (χ0) is 38.7. The molecule has 0 bridgehead atoms. The van der Waals surface area contributed by atoms with Crippen molar-refractivity contribution in [3.63, 3.8) is 0 Å². The average Bonchev–Trinajstić information content (AvgIpc) is 3.76. The summed E-state index contributed by atoms with van der Waals surface area (Å²) in [5.74, 6) is 6.39. The molecule has 0 saturated carbocycles. The number of thioether (sulfide) groups is 1. The molecular weight excluding hydrogens is 701 g/mol. The molecule has 9 heteroatoms. The van der Waals surface area contributed by atoms with E-state index < -0.39 is 10.9 Å². The molecule has 54 heavy (non-hydrogen) atoms. The van der Waals surface area contributed by atoms with Gasteiger partial charge in [0.15, 0.2) is 0 Å². The molecule has 0 spiro atoms. The van der Waals surface area contributed by atoms with E-state index in [1.807, 2.05) is 25.1 Å². The summed E-state index contributed by atoms with van der Waals surface area (Å²) in [4.78, 5) is 14.0. The van der Waals surface area contributed by atoms with E-state index in [1.54, 1.807) is 26.0 Å². The Kier molecular flexibility index (Phi) is 24.8. The van der Waals surface area contributed by atoms with Crippen LogP contribution < -0.4 is 0 Å². The van der Waals surface area contributed by atoms with E-state index in [0.717, 1.165) is 81.9 Å². The smallest absolute Gasteiger partial charge is 0.322 e. The highest BCUT2D eigenvalue weighted by Crippen LogP contribution is 2.46. The molecular formula is C45H74O8S. The Morgan fingerprint density at radius 3 is 1.94 bits per heavy atom. The zero-order valence-electron chi connectivity index (χ0n) is 34.2. The summed E-state index contributed by atoms with van der Waals surface area (Å²) in [5.41, 5.74) is 0. The fraction of sp³-hybridized carbons (Fsp3) is 0.800. The highest BCUT2D eigenvalue weighted by molar-refractivity contribution is 8.01. The second kappa shape index (κ2) is 28.7. The summed E-state index contributed by atoms with van der Waals surface area (Å²) in [5, 5.41) is 10.6. The summed E-state index contributed by atoms with van der Waals surface area (Å²) in [6, 6.07) is 10.2. The molecule has 0 radical (unpaired) electrons. The van der Waals surface area contributed by atoms with Crippen molar-refractivity contribution in [3.05, 3.63) is 30.3 Å². The molecule has 2 aliphatic heterocycles. The van der Waals surface area contributed by atoms with E-state index in [2.05, 4.69) is 30.9 Å². The van der Waals surface area contributed by atoms with Crippen LogP contribution in [-0.2, 0) is 33.2 Å². The number of methoxy groups -OCH3 is 2. The fourth-order valence-electron chi connectivity index (χ4n) is 7.77. The van der Waals surface area contributed by atoms with E-state index in [4.69, 9.17) is 28.4 Å². The number of hydrogen-bond donors (Lipinski definition) is 1. The van der Waals surface area contributed by atoms with Crippen LogP contribution >= 0.6 is 11.8 Å². The van der Waals surface area contributed by atoms with Crippen molar-refractivity contribution in [1.82, 2.24) is 0 Å². The first-order valence-corrected chi connectivity index (χ1v) is 22.2. The molecule has 2 fully saturated rings. The van der Waals surface area contributed by atoms with Crippen LogP contribution in [0.3, 0.4) is 0 Å². The molecule has 0 aromatic heterocycles. The maximum absolute atomic E-state index is 12.9. The van der Waals surface area contributed by atoms with Gasteiger partial charge in [-0.25, -0.2) is 0 Å². The lowest BCUT2D eigenvalue weighted by molar-refractivity contribution is -0.156. The number of aliphatic hydroxyl groups excluding tert-OH is 1. The van der Waals surface area contributed by atoms with E-state index in [-0.39, 0.29) is 50.1 Å². The topological polar surface area (TPSA) is 92.7 Å². The average molecular weight is 775 g/mol. The van der Waals surface area contributed by atoms with E-state index in [0.29, 0.717) is 12.8 Å². The van der Waals surface area contributed by atoms with Crippen molar-refractivity contribution in [2.45, 2.75) is 208 Å². The standard InChI is InChI=1S/C45H74O8S/c1-5-6-7-8-9-10-11-12-15-21-29-40(50-35-48-3)42-31-32-43(53-42)41(51-36-49-4)30-23-22-26-38(46)25-18-14-13-16-24-33-45(34-37(2)52-44(45)47)54-39-27-19-17-20-28-39/h17,19-20,27-28,37-38,40-43,46H,5-16,18,21,24-26,29-36H2,1-4H3/t37-,38+,40+,41+,42+,43+,45-/m0/s1. The van der Waals surface area contributed by atoms with Crippen LogP contribution in [0.25, 0.3) is 0 Å². The Bertz CT molecular complexity index is 1160. The lowest BCUT2D eigenvalue weighted by Gasteiger charge is -2.26. The first kappa shape index (κ1) is 46.7. The first-order valence-electron chi connectivity index (χ1n) is 21.4. The van der Waals surface area contributed by atoms with Gasteiger partial charge in [0.2, 0.25) is 0 Å². The summed E-state index contributed by atoms with van der Waals surface area (Å²) >= 11 is 1.66. The van der Waals surface area contributed by atoms with E-state index >= 15 is 0 Å². The molecule has 0 aliphatic carbocycles. The maximum Gasteiger partial charge on any atom is 0.322 e. The molecule has 2 saturated heterocycles. The number of unbranched alkanes of at least 4 members (excludes halogenated alkanes) is 13. The summed E-state index contributed by atoms with van der Waals surface area (Å²) in [7, 11) is 3.30. The van der Waals surface area contributed by atoms with Crippen LogP contribution in [0.5, 0.6) is 0 Å². The molecule has 2 aliphatic rings. The van der Waals surface area contributed by atoms with Gasteiger partial charge in [-0.1, -0.05) is 121 Å². The number of hydrogen-bond acceptors (Lipinski definition) is 9. The first-order chi connectivity index (χ1) is 26.4. The van der Waals surface area contributed by atoms with Crippen molar-refractivity contribution >= 4 is 17.7 Å². The van der Waals surface area contributed by atoms with Crippen molar-refractivity contribution < 1.29 is 38.3 Å². The molecule has 7 atom stereocenters. The number of carbonyl (C=O) groups is 1. The Labute approximate surface area is 332 Å². The summed E-state index contributed by atoms with van der Waals surface area (Å²) in [6.07, 6.45) is 23.7. The van der Waals surface area contributed by atoms with Gasteiger partial charge < -0.3 is 33.5 Å². The second-order valence-corrected chi connectivity index (χ2v) is 17.0. The zero-order valence-corrected chi connectivity index (χ0v) is 35.1. The van der Waals surface area contributed by atoms with Crippen LogP contribution in [0.15, 0.2) is 35.2 Å². The number of esters is 1. The molecule has 3 rings (SSSR count). The molecule has 308 valence electrons. The number of cyclic esters (lactones) is 1. The monoisotopic (exact) mass is 775 g/mol. The van der Waals surface area contributed by atoms with E-state index in [1.165, 1.54) is 57.8 Å². The van der Waals surface area contributed by atoms with Crippen LogP contribution in [-0.4, -0.2) is 80.3 Å². The van der Waals surface area contributed by atoms with Crippen LogP contribution in [0, 0.1) is 11.8 Å². The number of benzene rings is 1. The van der Waals surface area contributed by atoms with Gasteiger partial charge in [-0.2, -0.15) is 0 Å². The third-order valence-corrected chi connectivity index (χ3v) is 12.2. The van der Waals surface area contributed by atoms with Crippen molar-refractivity contribution in [3.8, 4) is 11.8 Å². The van der Waals surface area contributed by atoms with Crippen LogP contribution in [0.1, 0.15) is 162 Å². The minimum Gasteiger partial charge on any atom is -0.462 e.